The molecule has 1 saturated heterocycles. The first kappa shape index (κ1) is 16.6. The number of piperidine rings is 1. The van der Waals surface area contributed by atoms with Gasteiger partial charge in [0.25, 0.3) is 0 Å². The van der Waals surface area contributed by atoms with E-state index >= 15 is 0 Å². The molecule has 0 radical (unpaired) electrons. The molecule has 0 bridgehead atoms. The first-order valence-corrected chi connectivity index (χ1v) is 8.48. The highest BCUT2D eigenvalue weighted by atomic mass is 16.5. The van der Waals surface area contributed by atoms with E-state index in [9.17, 15) is 4.79 Å². The average molecular weight is 329 g/mol. The van der Waals surface area contributed by atoms with Gasteiger partial charge < -0.3 is 14.5 Å². The van der Waals surface area contributed by atoms with E-state index in [2.05, 4.69) is 22.0 Å². The van der Waals surface area contributed by atoms with E-state index in [0.717, 1.165) is 44.3 Å². The zero-order valence-electron chi connectivity index (χ0n) is 13.9. The van der Waals surface area contributed by atoms with Gasteiger partial charge in [-0.2, -0.15) is 4.98 Å². The van der Waals surface area contributed by atoms with Crippen LogP contribution in [0.2, 0.25) is 0 Å². The monoisotopic (exact) mass is 329 g/mol. The summed E-state index contributed by atoms with van der Waals surface area (Å²) < 4.78 is 5.33. The summed E-state index contributed by atoms with van der Waals surface area (Å²) in [7, 11) is 0. The maximum atomic E-state index is 11.1. The number of benzene rings is 1. The number of rotatable bonds is 6. The van der Waals surface area contributed by atoms with Gasteiger partial charge >= 0.3 is 5.97 Å². The number of aryl methyl sites for hydroxylation is 1. The molecule has 0 aliphatic carbocycles. The van der Waals surface area contributed by atoms with Gasteiger partial charge in [-0.05, 0) is 39.3 Å². The molecule has 2 aromatic rings. The van der Waals surface area contributed by atoms with E-state index in [-0.39, 0.29) is 5.92 Å². The summed E-state index contributed by atoms with van der Waals surface area (Å²) >= 11 is 0. The minimum Gasteiger partial charge on any atom is -0.481 e. The Morgan fingerprint density at radius 3 is 2.88 bits per heavy atom. The van der Waals surface area contributed by atoms with Gasteiger partial charge in [0.1, 0.15) is 0 Å². The summed E-state index contributed by atoms with van der Waals surface area (Å²) in [5, 5.41) is 13.1. The fourth-order valence-electron chi connectivity index (χ4n) is 3.27. The van der Waals surface area contributed by atoms with Crippen molar-refractivity contribution in [1.29, 1.82) is 0 Å². The Balaban J connectivity index is 1.47. The van der Waals surface area contributed by atoms with E-state index < -0.39 is 5.97 Å². The molecule has 2 heterocycles. The van der Waals surface area contributed by atoms with Crippen LogP contribution in [0.5, 0.6) is 0 Å². The van der Waals surface area contributed by atoms with Crippen LogP contribution in [0.15, 0.2) is 34.9 Å². The van der Waals surface area contributed by atoms with E-state index in [1.54, 1.807) is 0 Å². The molecule has 0 unspecified atom stereocenters. The Bertz CT molecular complexity index is 671. The molecule has 1 fully saturated rings. The fraction of sp³-hybridized carbons (Fsp3) is 0.500. The van der Waals surface area contributed by atoms with Crippen molar-refractivity contribution in [2.75, 3.05) is 13.1 Å². The highest BCUT2D eigenvalue weighted by Crippen LogP contribution is 2.23. The number of aliphatic carboxylic acids is 1. The van der Waals surface area contributed by atoms with Gasteiger partial charge in [-0.25, -0.2) is 0 Å². The molecule has 3 rings (SSSR count). The van der Waals surface area contributed by atoms with Gasteiger partial charge in [-0.15, -0.1) is 0 Å². The van der Waals surface area contributed by atoms with Crippen LogP contribution in [0, 0.1) is 5.92 Å². The normalized spacial score (nSPS) is 21.7. The molecule has 0 amide bonds. The predicted octanol–water partition coefficient (Wildman–Crippen LogP) is 2.85. The van der Waals surface area contributed by atoms with Crippen molar-refractivity contribution in [2.24, 2.45) is 5.92 Å². The molecule has 1 aliphatic heterocycles. The number of aromatic nitrogens is 2. The van der Waals surface area contributed by atoms with Crippen LogP contribution in [0.25, 0.3) is 11.4 Å². The quantitative estimate of drug-likeness (QED) is 0.878. The van der Waals surface area contributed by atoms with Crippen molar-refractivity contribution in [3.63, 3.8) is 0 Å². The number of hydrogen-bond donors (Lipinski definition) is 1. The average Bonchev–Trinajstić information content (AvgIpc) is 3.06. The summed E-state index contributed by atoms with van der Waals surface area (Å²) in [5.41, 5.74) is 0.955. The number of carboxylic acids is 1. The molecule has 6 heteroatoms. The second-order valence-corrected chi connectivity index (χ2v) is 6.43. The van der Waals surface area contributed by atoms with Crippen molar-refractivity contribution in [3.05, 3.63) is 36.2 Å². The summed E-state index contributed by atoms with van der Waals surface area (Å²) in [6.07, 6.45) is 3.14. The molecule has 0 spiro atoms. The summed E-state index contributed by atoms with van der Waals surface area (Å²) in [5.74, 6) is 0.421. The minimum absolute atomic E-state index is 0.194. The second-order valence-electron chi connectivity index (χ2n) is 6.43. The molecule has 128 valence electrons. The third-order valence-electron chi connectivity index (χ3n) is 4.70. The number of likely N-dealkylation sites (tertiary alicyclic amines) is 1. The van der Waals surface area contributed by atoms with Crippen LogP contribution >= 0.6 is 0 Å². The van der Waals surface area contributed by atoms with Crippen molar-refractivity contribution in [2.45, 2.75) is 38.6 Å². The minimum atomic E-state index is -0.666. The zero-order chi connectivity index (χ0) is 16.9. The third-order valence-corrected chi connectivity index (χ3v) is 4.70. The lowest BCUT2D eigenvalue weighted by Crippen LogP contribution is -2.43. The summed E-state index contributed by atoms with van der Waals surface area (Å²) in [6.45, 7) is 3.88. The third kappa shape index (κ3) is 4.00. The van der Waals surface area contributed by atoms with Gasteiger partial charge in [0.05, 0.1) is 5.92 Å². The molecule has 1 N–H and O–H groups in total. The van der Waals surface area contributed by atoms with Gasteiger partial charge in [0.15, 0.2) is 0 Å². The van der Waals surface area contributed by atoms with Gasteiger partial charge in [-0.1, -0.05) is 35.5 Å². The van der Waals surface area contributed by atoms with E-state index in [1.807, 2.05) is 30.3 Å². The number of carbonyl (C=O) groups is 1. The highest BCUT2D eigenvalue weighted by Gasteiger charge is 2.29. The Hall–Kier alpha value is -2.21. The van der Waals surface area contributed by atoms with E-state index in [0.29, 0.717) is 17.8 Å². The highest BCUT2D eigenvalue weighted by molar-refractivity contribution is 5.70. The predicted molar refractivity (Wildman–Crippen MR) is 89.4 cm³/mol. The van der Waals surface area contributed by atoms with Crippen molar-refractivity contribution < 1.29 is 14.4 Å². The molecule has 1 aromatic carbocycles. The maximum absolute atomic E-state index is 11.1. The van der Waals surface area contributed by atoms with Crippen LogP contribution < -0.4 is 0 Å². The fourth-order valence-corrected chi connectivity index (χ4v) is 3.27. The van der Waals surface area contributed by atoms with E-state index in [1.165, 1.54) is 0 Å². The molecule has 2 atom stereocenters. The Labute approximate surface area is 141 Å². The second kappa shape index (κ2) is 7.57. The SMILES string of the molecule is C[C@@H]1C[C@H](C(=O)O)CCN1CCCc1nc(-c2ccccc2)no1. The van der Waals surface area contributed by atoms with Crippen molar-refractivity contribution in [3.8, 4) is 11.4 Å². The number of hydrogen-bond acceptors (Lipinski definition) is 5. The topological polar surface area (TPSA) is 79.5 Å². The lowest BCUT2D eigenvalue weighted by molar-refractivity contribution is -0.144. The Kier molecular flexibility index (Phi) is 5.25. The molecule has 0 saturated carbocycles. The lowest BCUT2D eigenvalue weighted by atomic mass is 9.91. The van der Waals surface area contributed by atoms with Gasteiger partial charge in [0.2, 0.25) is 11.7 Å². The zero-order valence-corrected chi connectivity index (χ0v) is 13.9. The van der Waals surface area contributed by atoms with Crippen LogP contribution in [-0.4, -0.2) is 45.2 Å². The van der Waals surface area contributed by atoms with Gasteiger partial charge in [-0.3, -0.25) is 4.79 Å². The maximum Gasteiger partial charge on any atom is 0.306 e. The number of carboxylic acid groups (broad SMARTS) is 1. The first-order chi connectivity index (χ1) is 11.6. The Morgan fingerprint density at radius 2 is 2.17 bits per heavy atom. The molecular formula is C18H23N3O3. The van der Waals surface area contributed by atoms with Crippen LogP contribution in [0.1, 0.15) is 32.1 Å². The summed E-state index contributed by atoms with van der Waals surface area (Å²) in [6, 6.07) is 10.1. The molecule has 6 nitrogen and oxygen atoms in total. The van der Waals surface area contributed by atoms with Crippen molar-refractivity contribution >= 4 is 5.97 Å². The molecule has 1 aromatic heterocycles. The van der Waals surface area contributed by atoms with E-state index in [4.69, 9.17) is 9.63 Å². The summed E-state index contributed by atoms with van der Waals surface area (Å²) in [4.78, 5) is 17.9. The van der Waals surface area contributed by atoms with Crippen LogP contribution in [-0.2, 0) is 11.2 Å². The molecule has 1 aliphatic rings. The standard InChI is InChI=1S/C18H23N3O3/c1-13-12-15(18(22)23)9-11-21(13)10-5-8-16-19-17(20-24-16)14-6-3-2-4-7-14/h2-4,6-7,13,15H,5,8-12H2,1H3,(H,22,23)/t13-,15-/m1/s1. The number of nitrogens with zero attached hydrogens (tertiary/aromatic N) is 3. The Morgan fingerprint density at radius 1 is 1.38 bits per heavy atom. The van der Waals surface area contributed by atoms with Crippen molar-refractivity contribution in [1.82, 2.24) is 15.0 Å². The van der Waals surface area contributed by atoms with Crippen LogP contribution in [0.3, 0.4) is 0 Å². The largest absolute Gasteiger partial charge is 0.481 e. The first-order valence-electron chi connectivity index (χ1n) is 8.48. The lowest BCUT2D eigenvalue weighted by Gasteiger charge is -2.36. The molecule has 24 heavy (non-hydrogen) atoms. The molecular weight excluding hydrogens is 306 g/mol. The smallest absolute Gasteiger partial charge is 0.306 e. The van der Waals surface area contributed by atoms with Crippen LogP contribution in [0.4, 0.5) is 0 Å². The van der Waals surface area contributed by atoms with Gasteiger partial charge in [0, 0.05) is 18.0 Å².